The third-order valence-corrected chi connectivity index (χ3v) is 5.64. The Bertz CT molecular complexity index is 1500. The molecule has 0 spiro atoms. The van der Waals surface area contributed by atoms with Crippen molar-refractivity contribution in [3.63, 3.8) is 0 Å². The van der Waals surface area contributed by atoms with Crippen LogP contribution in [-0.4, -0.2) is 29.7 Å². The second-order valence-electron chi connectivity index (χ2n) is 8.07. The Morgan fingerprint density at radius 2 is 1.53 bits per heavy atom. The number of pyridine rings is 1. The van der Waals surface area contributed by atoms with E-state index < -0.39 is 6.01 Å². The van der Waals surface area contributed by atoms with Crippen molar-refractivity contribution in [3.05, 3.63) is 75.6 Å². The molecule has 0 fully saturated rings. The van der Waals surface area contributed by atoms with Crippen LogP contribution in [0.15, 0.2) is 63.6 Å². The largest absolute Gasteiger partial charge is 0.493 e. The summed E-state index contributed by atoms with van der Waals surface area (Å²) in [5.41, 5.74) is 3.79. The van der Waals surface area contributed by atoms with E-state index in [0.29, 0.717) is 29.0 Å². The number of aryl methyl sites for hydroxylation is 1. The van der Waals surface area contributed by atoms with Crippen LogP contribution >= 0.6 is 0 Å². The predicted molar refractivity (Wildman–Crippen MR) is 137 cm³/mol. The molecule has 0 saturated heterocycles. The fraction of sp³-hybridized carbons (Fsp3) is 0.200. The molecule has 4 rings (SSSR count). The van der Waals surface area contributed by atoms with Gasteiger partial charge in [0, 0.05) is 23.5 Å². The van der Waals surface area contributed by atoms with Gasteiger partial charge in [0.15, 0.2) is 0 Å². The molecular formula is C25H26N8O3. The lowest BCUT2D eigenvalue weighted by Gasteiger charge is -2.12. The number of rotatable bonds is 7. The first kappa shape index (κ1) is 24.3. The smallest absolute Gasteiger partial charge is 0.320 e. The van der Waals surface area contributed by atoms with E-state index in [2.05, 4.69) is 35.8 Å². The molecule has 2 heterocycles. The van der Waals surface area contributed by atoms with Crippen LogP contribution in [-0.2, 0) is 6.54 Å². The minimum absolute atomic E-state index is 0.131. The molecule has 36 heavy (non-hydrogen) atoms. The summed E-state index contributed by atoms with van der Waals surface area (Å²) in [6, 6.07) is 14.3. The zero-order valence-corrected chi connectivity index (χ0v) is 20.3. The summed E-state index contributed by atoms with van der Waals surface area (Å²) >= 11 is 0. The van der Waals surface area contributed by atoms with E-state index in [-0.39, 0.29) is 29.0 Å². The quantitative estimate of drug-likeness (QED) is 0.257. The van der Waals surface area contributed by atoms with Crippen LogP contribution in [0, 0.1) is 20.8 Å². The molecule has 0 bridgehead atoms. The minimum Gasteiger partial charge on any atom is -0.493 e. The molecule has 0 aliphatic heterocycles. The number of anilines is 4. The van der Waals surface area contributed by atoms with Crippen molar-refractivity contribution < 1.29 is 10.2 Å². The lowest BCUT2D eigenvalue weighted by molar-refractivity contribution is 0.411. The second-order valence-corrected chi connectivity index (χ2v) is 8.07. The number of nitrogens with zero attached hydrogens (tertiary/aromatic N) is 6. The number of aromatic hydroxyl groups is 2. The highest BCUT2D eigenvalue weighted by Gasteiger charge is 2.16. The summed E-state index contributed by atoms with van der Waals surface area (Å²) in [6.45, 7) is 7.38. The third-order valence-electron chi connectivity index (χ3n) is 5.64. The van der Waals surface area contributed by atoms with Crippen molar-refractivity contribution in [3.8, 4) is 11.9 Å². The van der Waals surface area contributed by atoms with E-state index in [4.69, 9.17) is 0 Å². The van der Waals surface area contributed by atoms with Gasteiger partial charge in [0.1, 0.15) is 5.69 Å². The molecule has 0 atom stereocenters. The molecule has 4 N–H and O–H groups in total. The number of hydrogen-bond acceptors (Lipinski definition) is 10. The van der Waals surface area contributed by atoms with Gasteiger partial charge < -0.3 is 20.8 Å². The number of para-hydroxylation sites is 1. The van der Waals surface area contributed by atoms with Crippen molar-refractivity contribution in [2.24, 2.45) is 10.2 Å². The van der Waals surface area contributed by atoms with E-state index >= 15 is 0 Å². The Morgan fingerprint density at radius 1 is 0.861 bits per heavy atom. The number of nitrogens with one attached hydrogen (secondary N) is 2. The minimum atomic E-state index is -0.440. The second kappa shape index (κ2) is 10.2. The van der Waals surface area contributed by atoms with Crippen molar-refractivity contribution >= 4 is 34.6 Å². The molecule has 184 valence electrons. The maximum absolute atomic E-state index is 12.4. The lowest BCUT2D eigenvalue weighted by Crippen LogP contribution is -2.22. The van der Waals surface area contributed by atoms with E-state index in [9.17, 15) is 15.0 Å². The van der Waals surface area contributed by atoms with Crippen LogP contribution in [0.25, 0.3) is 0 Å². The Balaban J connectivity index is 1.62. The van der Waals surface area contributed by atoms with Gasteiger partial charge in [-0.15, -0.1) is 5.11 Å². The van der Waals surface area contributed by atoms with Crippen LogP contribution in [0.2, 0.25) is 0 Å². The molecule has 2 aromatic heterocycles. The Morgan fingerprint density at radius 3 is 2.19 bits per heavy atom. The molecule has 4 aromatic rings. The summed E-state index contributed by atoms with van der Waals surface area (Å²) in [5.74, 6) is 0.0859. The predicted octanol–water partition coefficient (Wildman–Crippen LogP) is 5.29. The number of aromatic nitrogens is 4. The Labute approximate surface area is 207 Å². The number of benzene rings is 2. The van der Waals surface area contributed by atoms with Gasteiger partial charge in [-0.1, -0.05) is 24.3 Å². The van der Waals surface area contributed by atoms with Gasteiger partial charge in [-0.2, -0.15) is 20.1 Å². The fourth-order valence-electron chi connectivity index (χ4n) is 3.50. The zero-order chi connectivity index (χ0) is 25.8. The Hall–Kier alpha value is -4.80. The summed E-state index contributed by atoms with van der Waals surface area (Å²) < 4.78 is 1.26. The topological polar surface area (TPSA) is 150 Å². The first-order valence-corrected chi connectivity index (χ1v) is 11.3. The van der Waals surface area contributed by atoms with E-state index in [1.807, 2.05) is 49.4 Å². The van der Waals surface area contributed by atoms with Crippen molar-refractivity contribution in [1.82, 2.24) is 19.5 Å². The molecule has 0 aliphatic rings. The van der Waals surface area contributed by atoms with Crippen LogP contribution in [0.5, 0.6) is 11.9 Å². The third kappa shape index (κ3) is 5.14. The van der Waals surface area contributed by atoms with Crippen molar-refractivity contribution in [2.75, 3.05) is 10.6 Å². The SMILES string of the molecule is CCn1c(O)c(N=Nc2cc(Nc3nc(O)nc(Nc4ccccc4)n3)ccc2C)c(C)c(C)c1=O. The monoisotopic (exact) mass is 486 g/mol. The average molecular weight is 487 g/mol. The van der Waals surface area contributed by atoms with Gasteiger partial charge in [0.2, 0.25) is 17.8 Å². The van der Waals surface area contributed by atoms with Crippen molar-refractivity contribution in [1.29, 1.82) is 0 Å². The molecule has 11 nitrogen and oxygen atoms in total. The van der Waals surface area contributed by atoms with Crippen LogP contribution in [0.3, 0.4) is 0 Å². The maximum atomic E-state index is 12.4. The van der Waals surface area contributed by atoms with E-state index in [1.165, 1.54) is 4.57 Å². The standard InChI is InChI=1S/C25H26N8O3/c1-5-33-21(34)16(4)15(3)20(22(33)35)32-31-19-13-18(12-11-14(19)2)27-24-28-23(29-25(36)30-24)26-17-9-7-6-8-10-17/h6-13,35H,5H2,1-4H3,(H3,26,27,28,29,30,36). The van der Waals surface area contributed by atoms with E-state index in [1.54, 1.807) is 26.8 Å². The first-order valence-electron chi connectivity index (χ1n) is 11.3. The zero-order valence-electron chi connectivity index (χ0n) is 20.3. The summed E-state index contributed by atoms with van der Waals surface area (Å²) in [6.07, 6.45) is 0. The molecule has 0 amide bonds. The highest BCUT2D eigenvalue weighted by molar-refractivity contribution is 5.64. The number of azo groups is 1. The normalized spacial score (nSPS) is 11.1. The Kier molecular flexibility index (Phi) is 6.91. The summed E-state index contributed by atoms with van der Waals surface area (Å²) in [4.78, 5) is 24.5. The average Bonchev–Trinajstić information content (AvgIpc) is 2.85. The van der Waals surface area contributed by atoms with Crippen LogP contribution < -0.4 is 16.2 Å². The van der Waals surface area contributed by atoms with Gasteiger partial charge in [-0.25, -0.2) is 0 Å². The van der Waals surface area contributed by atoms with Gasteiger partial charge in [-0.05, 0) is 63.1 Å². The molecular weight excluding hydrogens is 460 g/mol. The molecule has 0 radical (unpaired) electrons. The first-order chi connectivity index (χ1) is 17.3. The molecule has 11 heteroatoms. The van der Waals surface area contributed by atoms with Gasteiger partial charge in [-0.3, -0.25) is 9.36 Å². The maximum Gasteiger partial charge on any atom is 0.320 e. The van der Waals surface area contributed by atoms with Gasteiger partial charge >= 0.3 is 6.01 Å². The molecule has 0 unspecified atom stereocenters. The highest BCUT2D eigenvalue weighted by Crippen LogP contribution is 2.33. The fourth-order valence-corrected chi connectivity index (χ4v) is 3.50. The molecule has 2 aromatic carbocycles. The molecule has 0 aliphatic carbocycles. The van der Waals surface area contributed by atoms with Gasteiger partial charge in [0.05, 0.1) is 5.69 Å². The number of hydrogen-bond donors (Lipinski definition) is 4. The molecule has 0 saturated carbocycles. The van der Waals surface area contributed by atoms with Crippen molar-refractivity contribution in [2.45, 2.75) is 34.2 Å². The van der Waals surface area contributed by atoms with Crippen LogP contribution in [0.4, 0.5) is 34.6 Å². The summed E-state index contributed by atoms with van der Waals surface area (Å²) in [5, 5.41) is 35.2. The van der Waals surface area contributed by atoms with Gasteiger partial charge in [0.25, 0.3) is 5.56 Å². The highest BCUT2D eigenvalue weighted by atomic mass is 16.3. The van der Waals surface area contributed by atoms with Crippen LogP contribution in [0.1, 0.15) is 23.6 Å². The summed E-state index contributed by atoms with van der Waals surface area (Å²) in [7, 11) is 0. The lowest BCUT2D eigenvalue weighted by atomic mass is 10.1. The van der Waals surface area contributed by atoms with E-state index in [0.717, 1.165) is 11.3 Å².